The number of aryl methyl sites for hydroxylation is 1. The zero-order valence-corrected chi connectivity index (χ0v) is 10.2. The lowest BCUT2D eigenvalue weighted by Crippen LogP contribution is -1.98. The third-order valence-electron chi connectivity index (χ3n) is 2.05. The first-order valence-corrected chi connectivity index (χ1v) is 5.95. The molecule has 2 aromatic rings. The molecule has 0 saturated heterocycles. The minimum absolute atomic E-state index is 0.329. The molecule has 2 nitrogen and oxygen atoms in total. The molecule has 1 aromatic carbocycles. The molecule has 84 valence electrons. The number of thiazole rings is 1. The minimum Gasteiger partial charge on any atom is -0.379 e. The van der Waals surface area contributed by atoms with Gasteiger partial charge in [0.1, 0.15) is 5.82 Å². The molecule has 2 rings (SSSR count). The Kier molecular flexibility index (Phi) is 3.41. The molecule has 0 amide bonds. The van der Waals surface area contributed by atoms with Crippen LogP contribution in [0.2, 0.25) is 5.02 Å². The first kappa shape index (κ1) is 11.4. The smallest absolute Gasteiger partial charge is 0.124 e. The van der Waals surface area contributed by atoms with E-state index in [1.165, 1.54) is 12.1 Å². The highest BCUT2D eigenvalue weighted by Crippen LogP contribution is 2.23. The van der Waals surface area contributed by atoms with Crippen molar-refractivity contribution in [3.05, 3.63) is 45.1 Å². The summed E-state index contributed by atoms with van der Waals surface area (Å²) in [6, 6.07) is 4.31. The van der Waals surface area contributed by atoms with Gasteiger partial charge in [-0.25, -0.2) is 9.37 Å². The Morgan fingerprint density at radius 1 is 1.50 bits per heavy atom. The molecule has 1 aromatic heterocycles. The Morgan fingerprint density at radius 3 is 2.94 bits per heavy atom. The molecule has 0 bridgehead atoms. The van der Waals surface area contributed by atoms with E-state index in [1.807, 2.05) is 13.1 Å². The summed E-state index contributed by atoms with van der Waals surface area (Å²) in [5.74, 6) is -0.329. The molecule has 1 N–H and O–H groups in total. The zero-order valence-electron chi connectivity index (χ0n) is 8.63. The molecule has 16 heavy (non-hydrogen) atoms. The van der Waals surface area contributed by atoms with Crippen LogP contribution in [0.15, 0.2) is 24.4 Å². The molecular weight excluding hydrogens is 247 g/mol. The molecule has 0 aliphatic carbocycles. The van der Waals surface area contributed by atoms with Crippen molar-refractivity contribution in [3.63, 3.8) is 0 Å². The van der Waals surface area contributed by atoms with Crippen molar-refractivity contribution < 1.29 is 4.39 Å². The molecule has 0 radical (unpaired) electrons. The Balaban J connectivity index is 2.04. The molecule has 0 atom stereocenters. The monoisotopic (exact) mass is 256 g/mol. The second-order valence-corrected chi connectivity index (χ2v) is 5.05. The van der Waals surface area contributed by atoms with Crippen LogP contribution in [-0.4, -0.2) is 4.98 Å². The maximum absolute atomic E-state index is 12.8. The van der Waals surface area contributed by atoms with Gasteiger partial charge in [0.25, 0.3) is 0 Å². The topological polar surface area (TPSA) is 24.9 Å². The van der Waals surface area contributed by atoms with Crippen LogP contribution < -0.4 is 5.32 Å². The number of anilines is 1. The van der Waals surface area contributed by atoms with Crippen molar-refractivity contribution in [2.24, 2.45) is 0 Å². The van der Waals surface area contributed by atoms with Crippen molar-refractivity contribution in [2.75, 3.05) is 5.32 Å². The minimum atomic E-state index is -0.329. The summed E-state index contributed by atoms with van der Waals surface area (Å²) in [5, 5.41) is 4.56. The summed E-state index contributed by atoms with van der Waals surface area (Å²) in [6.07, 6.45) is 1.82. The summed E-state index contributed by atoms with van der Waals surface area (Å²) in [5.41, 5.74) is 0.731. The first-order valence-electron chi connectivity index (χ1n) is 4.75. The normalized spacial score (nSPS) is 10.4. The van der Waals surface area contributed by atoms with Crippen LogP contribution in [0, 0.1) is 12.7 Å². The highest BCUT2D eigenvalue weighted by atomic mass is 35.5. The number of hydrogen-bond acceptors (Lipinski definition) is 3. The molecule has 0 unspecified atom stereocenters. The average Bonchev–Trinajstić information content (AvgIpc) is 2.63. The quantitative estimate of drug-likeness (QED) is 0.902. The van der Waals surface area contributed by atoms with E-state index in [1.54, 1.807) is 17.4 Å². The van der Waals surface area contributed by atoms with E-state index in [2.05, 4.69) is 10.3 Å². The highest BCUT2D eigenvalue weighted by molar-refractivity contribution is 7.11. The van der Waals surface area contributed by atoms with Gasteiger partial charge in [0.15, 0.2) is 0 Å². The molecular formula is C11H10ClFN2S. The number of nitrogens with one attached hydrogen (secondary N) is 1. The molecule has 0 fully saturated rings. The SMILES string of the molecule is Cc1ncc(CNc2ccc(F)cc2Cl)s1. The zero-order chi connectivity index (χ0) is 11.5. The molecule has 0 aliphatic heterocycles. The summed E-state index contributed by atoms with van der Waals surface area (Å²) >= 11 is 7.51. The van der Waals surface area contributed by atoms with Gasteiger partial charge in [-0.05, 0) is 25.1 Å². The Labute approximate surface area is 102 Å². The van der Waals surface area contributed by atoms with E-state index in [0.717, 1.165) is 15.6 Å². The van der Waals surface area contributed by atoms with Crippen molar-refractivity contribution in [3.8, 4) is 0 Å². The molecule has 0 saturated carbocycles. The number of benzene rings is 1. The lowest BCUT2D eigenvalue weighted by atomic mass is 10.3. The number of rotatable bonds is 3. The van der Waals surface area contributed by atoms with Crippen molar-refractivity contribution in [1.29, 1.82) is 0 Å². The van der Waals surface area contributed by atoms with Gasteiger partial charge in [0, 0.05) is 11.1 Å². The number of aromatic nitrogens is 1. The summed E-state index contributed by atoms with van der Waals surface area (Å²) in [7, 11) is 0. The van der Waals surface area contributed by atoms with Crippen LogP contribution in [0.25, 0.3) is 0 Å². The maximum Gasteiger partial charge on any atom is 0.124 e. The second kappa shape index (κ2) is 4.80. The average molecular weight is 257 g/mol. The fourth-order valence-electron chi connectivity index (χ4n) is 1.30. The second-order valence-electron chi connectivity index (χ2n) is 3.32. The fourth-order valence-corrected chi connectivity index (χ4v) is 2.27. The summed E-state index contributed by atoms with van der Waals surface area (Å²) in [6.45, 7) is 2.61. The van der Waals surface area contributed by atoms with Crippen molar-refractivity contribution >= 4 is 28.6 Å². The van der Waals surface area contributed by atoms with Crippen LogP contribution in [0.4, 0.5) is 10.1 Å². The molecule has 0 aliphatic rings. The fraction of sp³-hybridized carbons (Fsp3) is 0.182. The van der Waals surface area contributed by atoms with E-state index < -0.39 is 0 Å². The van der Waals surface area contributed by atoms with Crippen molar-refractivity contribution in [1.82, 2.24) is 4.98 Å². The Morgan fingerprint density at radius 2 is 2.31 bits per heavy atom. The van der Waals surface area contributed by atoms with Gasteiger partial charge in [-0.1, -0.05) is 11.6 Å². The van der Waals surface area contributed by atoms with Gasteiger partial charge < -0.3 is 5.32 Å². The predicted molar refractivity (Wildman–Crippen MR) is 65.6 cm³/mol. The predicted octanol–water partition coefficient (Wildman–Crippen LogP) is 3.86. The lowest BCUT2D eigenvalue weighted by molar-refractivity contribution is 0.628. The lowest BCUT2D eigenvalue weighted by Gasteiger charge is -2.06. The summed E-state index contributed by atoms with van der Waals surface area (Å²) in [4.78, 5) is 5.27. The largest absolute Gasteiger partial charge is 0.379 e. The molecule has 5 heteroatoms. The maximum atomic E-state index is 12.8. The third kappa shape index (κ3) is 2.71. The first-order chi connectivity index (χ1) is 7.65. The van der Waals surface area contributed by atoms with E-state index in [9.17, 15) is 4.39 Å². The van der Waals surface area contributed by atoms with Crippen molar-refractivity contribution in [2.45, 2.75) is 13.5 Å². The third-order valence-corrected chi connectivity index (χ3v) is 3.28. The Hall–Kier alpha value is -1.13. The van der Waals surface area contributed by atoms with Gasteiger partial charge in [0.05, 0.1) is 22.3 Å². The highest BCUT2D eigenvalue weighted by Gasteiger charge is 2.02. The van der Waals surface area contributed by atoms with Crippen LogP contribution in [0.5, 0.6) is 0 Å². The number of nitrogens with zero attached hydrogens (tertiary/aromatic N) is 1. The molecule has 0 spiro atoms. The van der Waals surface area contributed by atoms with Gasteiger partial charge in [0.2, 0.25) is 0 Å². The van der Waals surface area contributed by atoms with Gasteiger partial charge in [-0.3, -0.25) is 0 Å². The van der Waals surface area contributed by atoms with Crippen LogP contribution in [0.1, 0.15) is 9.88 Å². The Bertz CT molecular complexity index is 498. The van der Waals surface area contributed by atoms with Gasteiger partial charge in [-0.2, -0.15) is 0 Å². The summed E-state index contributed by atoms with van der Waals surface area (Å²) < 4.78 is 12.8. The molecule has 1 heterocycles. The van der Waals surface area contributed by atoms with E-state index in [-0.39, 0.29) is 5.82 Å². The van der Waals surface area contributed by atoms with E-state index in [4.69, 9.17) is 11.6 Å². The number of hydrogen-bond donors (Lipinski definition) is 1. The standard InChI is InChI=1S/C11H10ClFN2S/c1-7-14-5-9(16-7)6-15-11-3-2-8(13)4-10(11)12/h2-5,15H,6H2,1H3. The van der Waals surface area contributed by atoms with Crippen LogP contribution in [0.3, 0.4) is 0 Å². The number of halogens is 2. The van der Waals surface area contributed by atoms with Gasteiger partial charge >= 0.3 is 0 Å². The van der Waals surface area contributed by atoms with Gasteiger partial charge in [-0.15, -0.1) is 11.3 Å². The van der Waals surface area contributed by atoms with Crippen LogP contribution in [-0.2, 0) is 6.54 Å². The van der Waals surface area contributed by atoms with E-state index in [0.29, 0.717) is 11.6 Å². The van der Waals surface area contributed by atoms with E-state index >= 15 is 0 Å². The van der Waals surface area contributed by atoms with Crippen LogP contribution >= 0.6 is 22.9 Å².